The van der Waals surface area contributed by atoms with Gasteiger partial charge in [-0.15, -0.1) is 11.8 Å². The van der Waals surface area contributed by atoms with Gasteiger partial charge in [0.1, 0.15) is 0 Å². The molecule has 0 aromatic rings. The average Bonchev–Trinajstić information content (AvgIpc) is 1.99. The molecule has 0 spiro atoms. The van der Waals surface area contributed by atoms with Gasteiger partial charge in [-0.1, -0.05) is 13.0 Å². The smallest absolute Gasteiger partial charge is 0.0235 e. The molecule has 0 heterocycles. The van der Waals surface area contributed by atoms with E-state index in [0.717, 1.165) is 0 Å². The van der Waals surface area contributed by atoms with E-state index in [2.05, 4.69) is 13.0 Å². The van der Waals surface area contributed by atoms with Gasteiger partial charge in [0.05, 0.1) is 0 Å². The van der Waals surface area contributed by atoms with E-state index in [1.165, 1.54) is 4.91 Å². The fourth-order valence-corrected chi connectivity index (χ4v) is 1.14. The Bertz CT molecular complexity index is 106. The van der Waals surface area contributed by atoms with Crippen molar-refractivity contribution in [1.29, 1.82) is 0 Å². The molecule has 0 saturated heterocycles. The normalized spacial score (nSPS) is 15.4. The van der Waals surface area contributed by atoms with Crippen LogP contribution in [-0.4, -0.2) is 19.3 Å². The molecule has 0 saturated carbocycles. The zero-order valence-electron chi connectivity index (χ0n) is 6.63. The van der Waals surface area contributed by atoms with Crippen molar-refractivity contribution < 1.29 is 0 Å². The van der Waals surface area contributed by atoms with E-state index < -0.39 is 0 Å². The van der Waals surface area contributed by atoms with Crippen molar-refractivity contribution >= 4 is 11.8 Å². The number of thioether (sulfide) groups is 1. The Morgan fingerprint density at radius 2 is 2.20 bits per heavy atom. The molecule has 0 radical (unpaired) electrons. The van der Waals surface area contributed by atoms with Crippen LogP contribution in [0.15, 0.2) is 11.0 Å². The maximum atomic E-state index is 5.46. The second-order valence-electron chi connectivity index (χ2n) is 2.25. The average molecular weight is 160 g/mol. The Morgan fingerprint density at radius 1 is 1.60 bits per heavy atom. The summed E-state index contributed by atoms with van der Waals surface area (Å²) in [6, 6.07) is 0. The molecular formula is C7H16N2S. The lowest BCUT2D eigenvalue weighted by Gasteiger charge is -2.04. The molecule has 0 aromatic carbocycles. The van der Waals surface area contributed by atoms with Crippen molar-refractivity contribution in [3.05, 3.63) is 11.0 Å². The molecule has 0 bridgehead atoms. The van der Waals surface area contributed by atoms with Crippen LogP contribution in [0.3, 0.4) is 0 Å². The van der Waals surface area contributed by atoms with Crippen molar-refractivity contribution in [2.75, 3.05) is 19.3 Å². The SMILES string of the molecule is CS/C(=C\C(C)CN)CN. The molecule has 1 atom stereocenters. The van der Waals surface area contributed by atoms with Crippen molar-refractivity contribution in [3.63, 3.8) is 0 Å². The van der Waals surface area contributed by atoms with Gasteiger partial charge in [0.15, 0.2) is 0 Å². The van der Waals surface area contributed by atoms with Gasteiger partial charge >= 0.3 is 0 Å². The Kier molecular flexibility index (Phi) is 5.78. The first-order valence-corrected chi connectivity index (χ1v) is 4.61. The Balaban J connectivity index is 3.83. The van der Waals surface area contributed by atoms with Gasteiger partial charge < -0.3 is 11.5 Å². The summed E-state index contributed by atoms with van der Waals surface area (Å²) in [5, 5.41) is 0. The highest BCUT2D eigenvalue weighted by atomic mass is 32.2. The quantitative estimate of drug-likeness (QED) is 0.639. The number of rotatable bonds is 4. The lowest BCUT2D eigenvalue weighted by atomic mass is 10.2. The van der Waals surface area contributed by atoms with Gasteiger partial charge in [-0.05, 0) is 23.6 Å². The van der Waals surface area contributed by atoms with Gasteiger partial charge in [-0.2, -0.15) is 0 Å². The van der Waals surface area contributed by atoms with Crippen LogP contribution in [0, 0.1) is 5.92 Å². The van der Waals surface area contributed by atoms with Gasteiger partial charge in [0.2, 0.25) is 0 Å². The molecule has 0 rings (SSSR count). The first-order valence-electron chi connectivity index (χ1n) is 3.39. The van der Waals surface area contributed by atoms with Gasteiger partial charge in [0, 0.05) is 6.54 Å². The minimum absolute atomic E-state index is 0.450. The molecule has 60 valence electrons. The summed E-state index contributed by atoms with van der Waals surface area (Å²) in [6.07, 6.45) is 4.16. The Labute approximate surface area is 67.0 Å². The molecule has 0 aliphatic carbocycles. The van der Waals surface area contributed by atoms with E-state index in [9.17, 15) is 0 Å². The van der Waals surface area contributed by atoms with Crippen LogP contribution < -0.4 is 11.5 Å². The van der Waals surface area contributed by atoms with Crippen LogP contribution in [0.2, 0.25) is 0 Å². The third-order valence-corrected chi connectivity index (χ3v) is 2.13. The van der Waals surface area contributed by atoms with E-state index in [0.29, 0.717) is 19.0 Å². The summed E-state index contributed by atoms with van der Waals surface area (Å²) in [6.45, 7) is 3.42. The van der Waals surface area contributed by atoms with Gasteiger partial charge in [-0.3, -0.25) is 0 Å². The van der Waals surface area contributed by atoms with Crippen LogP contribution in [0.25, 0.3) is 0 Å². The Hall–Kier alpha value is 0.01000. The van der Waals surface area contributed by atoms with E-state index in [1.807, 2.05) is 6.26 Å². The van der Waals surface area contributed by atoms with Crippen molar-refractivity contribution in [2.24, 2.45) is 17.4 Å². The molecule has 4 N–H and O–H groups in total. The summed E-state index contributed by atoms with van der Waals surface area (Å²) < 4.78 is 0. The zero-order chi connectivity index (χ0) is 7.98. The summed E-state index contributed by atoms with van der Waals surface area (Å²) in [7, 11) is 0. The predicted molar refractivity (Wildman–Crippen MR) is 48.9 cm³/mol. The third-order valence-electron chi connectivity index (χ3n) is 1.31. The van der Waals surface area contributed by atoms with Gasteiger partial charge in [-0.25, -0.2) is 0 Å². The topological polar surface area (TPSA) is 52.0 Å². The lowest BCUT2D eigenvalue weighted by molar-refractivity contribution is 0.736. The summed E-state index contributed by atoms with van der Waals surface area (Å²) >= 11 is 1.69. The molecule has 3 heteroatoms. The van der Waals surface area contributed by atoms with Crippen molar-refractivity contribution in [3.8, 4) is 0 Å². The highest BCUT2D eigenvalue weighted by molar-refractivity contribution is 8.02. The van der Waals surface area contributed by atoms with Crippen molar-refractivity contribution in [2.45, 2.75) is 6.92 Å². The molecular weight excluding hydrogens is 144 g/mol. The minimum Gasteiger partial charge on any atom is -0.330 e. The minimum atomic E-state index is 0.450. The molecule has 0 amide bonds. The van der Waals surface area contributed by atoms with Crippen LogP contribution in [0.4, 0.5) is 0 Å². The van der Waals surface area contributed by atoms with E-state index >= 15 is 0 Å². The van der Waals surface area contributed by atoms with Crippen molar-refractivity contribution in [1.82, 2.24) is 0 Å². The van der Waals surface area contributed by atoms with Gasteiger partial charge in [0.25, 0.3) is 0 Å². The summed E-state index contributed by atoms with van der Waals surface area (Å²) in [5.74, 6) is 0.450. The fraction of sp³-hybridized carbons (Fsp3) is 0.714. The highest BCUT2D eigenvalue weighted by Crippen LogP contribution is 2.11. The van der Waals surface area contributed by atoms with E-state index in [4.69, 9.17) is 11.5 Å². The number of hydrogen-bond donors (Lipinski definition) is 2. The molecule has 0 aliphatic heterocycles. The van der Waals surface area contributed by atoms with E-state index in [1.54, 1.807) is 11.8 Å². The fourth-order valence-electron chi connectivity index (χ4n) is 0.605. The Morgan fingerprint density at radius 3 is 2.50 bits per heavy atom. The maximum Gasteiger partial charge on any atom is 0.0235 e. The molecule has 2 nitrogen and oxygen atoms in total. The molecule has 1 unspecified atom stereocenters. The number of nitrogens with two attached hydrogens (primary N) is 2. The number of hydrogen-bond acceptors (Lipinski definition) is 3. The first-order chi connectivity index (χ1) is 4.74. The summed E-state index contributed by atoms with van der Waals surface area (Å²) in [5.41, 5.74) is 10.9. The summed E-state index contributed by atoms with van der Waals surface area (Å²) in [4.78, 5) is 1.22. The predicted octanol–water partition coefficient (Wildman–Crippen LogP) is 0.787. The second-order valence-corrected chi connectivity index (χ2v) is 3.19. The second kappa shape index (κ2) is 5.77. The van der Waals surface area contributed by atoms with Crippen LogP contribution in [-0.2, 0) is 0 Å². The molecule has 10 heavy (non-hydrogen) atoms. The standard InChI is InChI=1S/C7H16N2S/c1-6(4-8)3-7(5-9)10-2/h3,6H,4-5,8-9H2,1-2H3/b7-3-. The lowest BCUT2D eigenvalue weighted by Crippen LogP contribution is -2.10. The molecule has 0 aliphatic rings. The highest BCUT2D eigenvalue weighted by Gasteiger charge is 1.95. The maximum absolute atomic E-state index is 5.46. The van der Waals surface area contributed by atoms with Crippen LogP contribution in [0.5, 0.6) is 0 Å². The van der Waals surface area contributed by atoms with Crippen LogP contribution in [0.1, 0.15) is 6.92 Å². The third kappa shape index (κ3) is 3.93. The zero-order valence-corrected chi connectivity index (χ0v) is 7.45. The monoisotopic (exact) mass is 160 g/mol. The van der Waals surface area contributed by atoms with E-state index in [-0.39, 0.29) is 0 Å². The van der Waals surface area contributed by atoms with Crippen LogP contribution >= 0.6 is 11.8 Å². The molecule has 0 aromatic heterocycles. The first kappa shape index (κ1) is 10.0. The molecule has 0 fully saturated rings. The largest absolute Gasteiger partial charge is 0.330 e.